The minimum atomic E-state index is -0.186. The predicted molar refractivity (Wildman–Crippen MR) is 135 cm³/mol. The third-order valence-electron chi connectivity index (χ3n) is 4.75. The summed E-state index contributed by atoms with van der Waals surface area (Å²) in [5, 5.41) is 1.54. The van der Waals surface area contributed by atoms with Crippen LogP contribution in [0.2, 0.25) is 10.0 Å². The summed E-state index contributed by atoms with van der Waals surface area (Å²) in [6.45, 7) is 7.36. The molecule has 9 heteroatoms. The van der Waals surface area contributed by atoms with E-state index in [4.69, 9.17) is 28.2 Å². The van der Waals surface area contributed by atoms with E-state index in [1.54, 1.807) is 34.9 Å². The van der Waals surface area contributed by atoms with E-state index in [-0.39, 0.29) is 18.3 Å². The summed E-state index contributed by atoms with van der Waals surface area (Å²) in [5.41, 5.74) is 1.28. The SMILES string of the molecule is CCN(CC)CCN(C(=O)c1cc(Cl)ccc1Cl)c1nc2ccc(SC)cc2s1.Cl. The molecule has 1 aromatic heterocycles. The molecule has 4 nitrogen and oxygen atoms in total. The fourth-order valence-electron chi connectivity index (χ4n) is 3.01. The Balaban J connectivity index is 0.00000320. The molecule has 1 amide bonds. The molecule has 0 radical (unpaired) electrons. The van der Waals surface area contributed by atoms with Crippen LogP contribution in [-0.2, 0) is 0 Å². The van der Waals surface area contributed by atoms with Crippen LogP contribution in [-0.4, -0.2) is 48.2 Å². The number of benzene rings is 2. The van der Waals surface area contributed by atoms with Gasteiger partial charge in [0, 0.05) is 23.0 Å². The molecule has 0 aliphatic rings. The van der Waals surface area contributed by atoms with E-state index in [1.807, 2.05) is 18.4 Å². The standard InChI is InChI=1S/C21H23Cl2N3OS2.ClH/c1-4-25(5-2)10-11-26(20(27)16-12-14(22)6-8-17(16)23)21-24-18-9-7-15(28-3)13-19(18)29-21;/h6-9,12-13H,4-5,10-11H2,1-3H3;1H. The molecular formula is C21H24Cl3N3OS2. The lowest BCUT2D eigenvalue weighted by Gasteiger charge is -2.25. The van der Waals surface area contributed by atoms with E-state index >= 15 is 0 Å². The first-order valence-corrected chi connectivity index (χ1v) is 12.2. The van der Waals surface area contributed by atoms with Crippen molar-refractivity contribution in [3.8, 4) is 0 Å². The zero-order valence-electron chi connectivity index (χ0n) is 17.0. The van der Waals surface area contributed by atoms with Gasteiger partial charge in [-0.05, 0) is 55.7 Å². The quantitative estimate of drug-likeness (QED) is 0.318. The lowest BCUT2D eigenvalue weighted by Crippen LogP contribution is -2.39. The topological polar surface area (TPSA) is 36.4 Å². The number of thiazole rings is 1. The zero-order valence-corrected chi connectivity index (χ0v) is 21.0. The van der Waals surface area contributed by atoms with Gasteiger partial charge in [0.1, 0.15) is 0 Å². The third-order valence-corrected chi connectivity index (χ3v) is 7.08. The number of likely N-dealkylation sites (N-methyl/N-ethyl adjacent to an activating group) is 1. The first-order valence-electron chi connectivity index (χ1n) is 9.40. The van der Waals surface area contributed by atoms with Crippen molar-refractivity contribution in [3.05, 3.63) is 52.0 Å². The highest BCUT2D eigenvalue weighted by molar-refractivity contribution is 7.98. The Hall–Kier alpha value is -1.02. The molecule has 0 saturated carbocycles. The highest BCUT2D eigenvalue weighted by Crippen LogP contribution is 2.33. The number of aromatic nitrogens is 1. The van der Waals surface area contributed by atoms with Crippen molar-refractivity contribution in [3.63, 3.8) is 0 Å². The third kappa shape index (κ3) is 5.81. The van der Waals surface area contributed by atoms with Crippen LogP contribution in [0.15, 0.2) is 41.3 Å². The van der Waals surface area contributed by atoms with E-state index in [9.17, 15) is 4.79 Å². The van der Waals surface area contributed by atoms with Crippen molar-refractivity contribution in [2.45, 2.75) is 18.7 Å². The molecule has 0 unspecified atom stereocenters. The monoisotopic (exact) mass is 503 g/mol. The highest BCUT2D eigenvalue weighted by atomic mass is 35.5. The van der Waals surface area contributed by atoms with Crippen LogP contribution in [0, 0.1) is 0 Å². The Labute approximate surface area is 202 Å². The number of nitrogens with zero attached hydrogens (tertiary/aromatic N) is 3. The highest BCUT2D eigenvalue weighted by Gasteiger charge is 2.24. The Morgan fingerprint density at radius 1 is 1.10 bits per heavy atom. The molecule has 0 bridgehead atoms. The van der Waals surface area contributed by atoms with Crippen molar-refractivity contribution >= 4 is 80.0 Å². The Morgan fingerprint density at radius 2 is 1.83 bits per heavy atom. The summed E-state index contributed by atoms with van der Waals surface area (Å²) >= 11 is 15.7. The van der Waals surface area contributed by atoms with Gasteiger partial charge < -0.3 is 4.90 Å². The number of hydrogen-bond donors (Lipinski definition) is 0. The number of amides is 1. The second-order valence-corrected chi connectivity index (χ2v) is 9.17. The molecule has 30 heavy (non-hydrogen) atoms. The lowest BCUT2D eigenvalue weighted by atomic mass is 10.2. The van der Waals surface area contributed by atoms with Gasteiger partial charge in [0.05, 0.1) is 20.8 Å². The summed E-state index contributed by atoms with van der Waals surface area (Å²) in [4.78, 5) is 23.3. The van der Waals surface area contributed by atoms with Crippen molar-refractivity contribution in [1.82, 2.24) is 9.88 Å². The fourth-order valence-corrected chi connectivity index (χ4v) is 4.92. The number of halogens is 3. The molecule has 0 saturated heterocycles. The first-order chi connectivity index (χ1) is 14.0. The number of thioether (sulfide) groups is 1. The second-order valence-electron chi connectivity index (χ2n) is 6.44. The van der Waals surface area contributed by atoms with Crippen molar-refractivity contribution in [2.24, 2.45) is 0 Å². The molecule has 0 aliphatic carbocycles. The van der Waals surface area contributed by atoms with E-state index < -0.39 is 0 Å². The summed E-state index contributed by atoms with van der Waals surface area (Å²) in [6.07, 6.45) is 2.05. The minimum absolute atomic E-state index is 0. The summed E-state index contributed by atoms with van der Waals surface area (Å²) < 4.78 is 1.06. The Bertz CT molecular complexity index is 1010. The molecule has 0 aliphatic heterocycles. The molecule has 2 aromatic carbocycles. The maximum atomic E-state index is 13.4. The van der Waals surface area contributed by atoms with Crippen LogP contribution in [0.4, 0.5) is 5.13 Å². The fraction of sp³-hybridized carbons (Fsp3) is 0.333. The van der Waals surface area contributed by atoms with Gasteiger partial charge in [-0.3, -0.25) is 9.69 Å². The largest absolute Gasteiger partial charge is 0.302 e. The number of hydrogen-bond acceptors (Lipinski definition) is 5. The van der Waals surface area contributed by atoms with Gasteiger partial charge in [0.25, 0.3) is 5.91 Å². The molecule has 0 N–H and O–H groups in total. The lowest BCUT2D eigenvalue weighted by molar-refractivity contribution is 0.0984. The van der Waals surface area contributed by atoms with Crippen LogP contribution in [0.5, 0.6) is 0 Å². The van der Waals surface area contributed by atoms with Gasteiger partial charge in [0.2, 0.25) is 0 Å². The number of carbonyl (C=O) groups is 1. The average Bonchev–Trinajstić information content (AvgIpc) is 3.15. The summed E-state index contributed by atoms with van der Waals surface area (Å²) in [6, 6.07) is 11.1. The van der Waals surface area contributed by atoms with E-state index in [0.717, 1.165) is 29.9 Å². The van der Waals surface area contributed by atoms with Crippen LogP contribution in [0.25, 0.3) is 10.2 Å². The number of carbonyl (C=O) groups excluding carboxylic acids is 1. The molecule has 0 fully saturated rings. The van der Waals surface area contributed by atoms with Gasteiger partial charge >= 0.3 is 0 Å². The number of anilines is 1. The number of fused-ring (bicyclic) bond motifs is 1. The first kappa shape index (κ1) is 25.2. The van der Waals surface area contributed by atoms with Crippen molar-refractivity contribution in [1.29, 1.82) is 0 Å². The molecule has 3 aromatic rings. The molecular weight excluding hydrogens is 481 g/mol. The average molecular weight is 505 g/mol. The van der Waals surface area contributed by atoms with Gasteiger partial charge in [-0.15, -0.1) is 24.2 Å². The van der Waals surface area contributed by atoms with E-state index in [1.165, 1.54) is 16.2 Å². The maximum Gasteiger partial charge on any atom is 0.261 e. The summed E-state index contributed by atoms with van der Waals surface area (Å²) in [7, 11) is 0. The van der Waals surface area contributed by atoms with Gasteiger partial charge in [0.15, 0.2) is 5.13 Å². The second kappa shape index (κ2) is 11.6. The predicted octanol–water partition coefficient (Wildman–Crippen LogP) is 6.74. The molecule has 3 rings (SSSR count). The molecule has 0 spiro atoms. The number of rotatable bonds is 8. The maximum absolute atomic E-state index is 13.4. The van der Waals surface area contributed by atoms with Crippen LogP contribution in [0.1, 0.15) is 24.2 Å². The molecule has 0 atom stereocenters. The molecule has 1 heterocycles. The van der Waals surface area contributed by atoms with Crippen molar-refractivity contribution in [2.75, 3.05) is 37.3 Å². The van der Waals surface area contributed by atoms with Gasteiger partial charge in [-0.25, -0.2) is 4.98 Å². The van der Waals surface area contributed by atoms with Crippen LogP contribution < -0.4 is 4.90 Å². The minimum Gasteiger partial charge on any atom is -0.302 e. The van der Waals surface area contributed by atoms with Crippen LogP contribution in [0.3, 0.4) is 0 Å². The van der Waals surface area contributed by atoms with Crippen molar-refractivity contribution < 1.29 is 4.79 Å². The summed E-state index contributed by atoms with van der Waals surface area (Å²) in [5.74, 6) is -0.186. The molecule has 162 valence electrons. The van der Waals surface area contributed by atoms with Gasteiger partial charge in [-0.1, -0.05) is 48.4 Å². The van der Waals surface area contributed by atoms with Crippen LogP contribution >= 0.6 is 58.7 Å². The Kier molecular flexibility index (Phi) is 9.72. The van der Waals surface area contributed by atoms with E-state index in [0.29, 0.717) is 27.3 Å². The Morgan fingerprint density at radius 3 is 2.50 bits per heavy atom. The smallest absolute Gasteiger partial charge is 0.261 e. The normalized spacial score (nSPS) is 11.0. The zero-order chi connectivity index (χ0) is 21.0. The van der Waals surface area contributed by atoms with E-state index in [2.05, 4.69) is 24.8 Å². The van der Waals surface area contributed by atoms with Gasteiger partial charge in [-0.2, -0.15) is 0 Å².